The van der Waals surface area contributed by atoms with Crippen LogP contribution in [-0.4, -0.2) is 9.33 Å². The Labute approximate surface area is 131 Å². The molecule has 1 aliphatic heterocycles. The van der Waals surface area contributed by atoms with E-state index in [2.05, 4.69) is 5.32 Å². The molecule has 1 heterocycles. The van der Waals surface area contributed by atoms with Crippen LogP contribution in [0, 0.1) is 18.6 Å². The van der Waals surface area contributed by atoms with Gasteiger partial charge in [0, 0.05) is 28.6 Å². The van der Waals surface area contributed by atoms with E-state index in [1.807, 2.05) is 29.5 Å². The summed E-state index contributed by atoms with van der Waals surface area (Å²) in [6.07, 6.45) is 3.23. The van der Waals surface area contributed by atoms with Gasteiger partial charge in [-0.3, -0.25) is 10.1 Å². The Kier molecular flexibility index (Phi) is 4.79. The number of piperidine rings is 1. The molecule has 0 bridgehead atoms. The fraction of sp³-hybridized carbons (Fsp3) is 0.533. The van der Waals surface area contributed by atoms with E-state index in [1.54, 1.807) is 13.0 Å². The lowest BCUT2D eigenvalue weighted by atomic mass is 9.82. The van der Waals surface area contributed by atoms with E-state index in [0.717, 1.165) is 30.9 Å². The van der Waals surface area contributed by atoms with Crippen molar-refractivity contribution in [2.75, 3.05) is 0 Å². The van der Waals surface area contributed by atoms with Crippen LogP contribution in [0.15, 0.2) is 12.1 Å². The molecular formula is C15H18F2INO. The predicted octanol–water partition coefficient (Wildman–Crippen LogP) is 4.20. The van der Waals surface area contributed by atoms with Crippen molar-refractivity contribution in [1.82, 2.24) is 5.32 Å². The summed E-state index contributed by atoms with van der Waals surface area (Å²) in [4.78, 5) is 11.9. The molecule has 110 valence electrons. The third-order valence-electron chi connectivity index (χ3n) is 4.28. The largest absolute Gasteiger partial charge is 0.297 e. The molecule has 1 aromatic carbocycles. The van der Waals surface area contributed by atoms with Crippen LogP contribution in [-0.2, 0) is 4.79 Å². The lowest BCUT2D eigenvalue weighted by molar-refractivity contribution is -0.116. The Morgan fingerprint density at radius 3 is 2.80 bits per heavy atom. The maximum Gasteiger partial charge on any atom is 0.212 e. The Morgan fingerprint density at radius 1 is 1.50 bits per heavy atom. The third kappa shape index (κ3) is 2.74. The quantitative estimate of drug-likeness (QED) is 0.616. The molecule has 2 rings (SSSR count). The van der Waals surface area contributed by atoms with Gasteiger partial charge in [0.25, 0.3) is 0 Å². The van der Waals surface area contributed by atoms with E-state index in [4.69, 9.17) is 0 Å². The molecule has 0 spiro atoms. The van der Waals surface area contributed by atoms with Crippen molar-refractivity contribution in [3.63, 3.8) is 0 Å². The number of benzene rings is 1. The standard InChI is InChI=1S/C15H18F2INO/c1-3-15(14(18)20)8-4-5-12(19-15)10-6-7-11(16)13(17)9(10)2/h6-7,12,19H,3-5,8H2,1-2H3. The molecule has 1 aliphatic rings. The zero-order valence-corrected chi connectivity index (χ0v) is 13.8. The van der Waals surface area contributed by atoms with E-state index in [9.17, 15) is 13.6 Å². The Balaban J connectivity index is 2.34. The number of carbonyl (C=O) groups is 1. The highest BCUT2D eigenvalue weighted by Crippen LogP contribution is 2.36. The second kappa shape index (κ2) is 6.05. The highest BCUT2D eigenvalue weighted by molar-refractivity contribution is 14.1. The summed E-state index contributed by atoms with van der Waals surface area (Å²) in [5, 5.41) is 3.37. The average molecular weight is 393 g/mol. The lowest BCUT2D eigenvalue weighted by Crippen LogP contribution is -2.53. The van der Waals surface area contributed by atoms with E-state index in [-0.39, 0.29) is 9.83 Å². The number of halogens is 3. The van der Waals surface area contributed by atoms with Gasteiger partial charge in [-0.05, 0) is 49.8 Å². The molecule has 0 aromatic heterocycles. The molecule has 1 N–H and O–H groups in total. The predicted molar refractivity (Wildman–Crippen MR) is 82.9 cm³/mol. The highest BCUT2D eigenvalue weighted by atomic mass is 127. The van der Waals surface area contributed by atoms with E-state index >= 15 is 0 Å². The number of hydrogen-bond donors (Lipinski definition) is 1. The molecule has 1 fully saturated rings. The van der Waals surface area contributed by atoms with Gasteiger partial charge in [0.1, 0.15) is 0 Å². The van der Waals surface area contributed by atoms with Gasteiger partial charge in [0.15, 0.2) is 11.6 Å². The average Bonchev–Trinajstić information content (AvgIpc) is 2.44. The van der Waals surface area contributed by atoms with Crippen molar-refractivity contribution in [2.24, 2.45) is 0 Å². The van der Waals surface area contributed by atoms with Gasteiger partial charge in [-0.2, -0.15) is 0 Å². The minimum Gasteiger partial charge on any atom is -0.297 e. The van der Waals surface area contributed by atoms with Gasteiger partial charge >= 0.3 is 0 Å². The fourth-order valence-corrected chi connectivity index (χ4v) is 3.74. The topological polar surface area (TPSA) is 29.1 Å². The molecule has 2 nitrogen and oxygen atoms in total. The van der Waals surface area contributed by atoms with E-state index in [0.29, 0.717) is 12.0 Å². The van der Waals surface area contributed by atoms with Gasteiger partial charge in [0.05, 0.1) is 5.54 Å². The number of hydrogen-bond acceptors (Lipinski definition) is 2. The second-order valence-electron chi connectivity index (χ2n) is 5.37. The highest BCUT2D eigenvalue weighted by Gasteiger charge is 2.40. The summed E-state index contributed by atoms with van der Waals surface area (Å²) in [5.41, 5.74) is 0.537. The van der Waals surface area contributed by atoms with Crippen LogP contribution in [0.2, 0.25) is 0 Å². The molecule has 0 aliphatic carbocycles. The van der Waals surface area contributed by atoms with Crippen molar-refractivity contribution >= 4 is 26.4 Å². The monoisotopic (exact) mass is 393 g/mol. The zero-order valence-electron chi connectivity index (χ0n) is 11.6. The zero-order chi connectivity index (χ0) is 14.9. The molecule has 1 saturated heterocycles. The summed E-state index contributed by atoms with van der Waals surface area (Å²) >= 11 is 1.83. The first kappa shape index (κ1) is 15.8. The SMILES string of the molecule is CCC1(C(=O)I)CCCC(c2ccc(F)c(F)c2C)N1. The van der Waals surface area contributed by atoms with Crippen molar-refractivity contribution in [1.29, 1.82) is 0 Å². The summed E-state index contributed by atoms with van der Waals surface area (Å²) in [6, 6.07) is 2.68. The van der Waals surface area contributed by atoms with Crippen LogP contribution in [0.4, 0.5) is 8.78 Å². The molecule has 5 heteroatoms. The normalized spacial score (nSPS) is 26.6. The van der Waals surface area contributed by atoms with Crippen LogP contribution < -0.4 is 5.32 Å². The summed E-state index contributed by atoms with van der Waals surface area (Å²) in [6.45, 7) is 3.56. The van der Waals surface area contributed by atoms with E-state index in [1.165, 1.54) is 0 Å². The van der Waals surface area contributed by atoms with Gasteiger partial charge < -0.3 is 0 Å². The molecule has 2 unspecified atom stereocenters. The molecule has 2 atom stereocenters. The minimum absolute atomic E-state index is 0.0857. The van der Waals surface area contributed by atoms with Crippen LogP contribution in [0.3, 0.4) is 0 Å². The lowest BCUT2D eigenvalue weighted by Gasteiger charge is -2.40. The first-order valence-corrected chi connectivity index (χ1v) is 7.91. The molecule has 0 saturated carbocycles. The summed E-state index contributed by atoms with van der Waals surface area (Å²) < 4.78 is 27.0. The number of rotatable bonds is 3. The summed E-state index contributed by atoms with van der Waals surface area (Å²) in [7, 11) is 0. The first-order valence-electron chi connectivity index (χ1n) is 6.83. The summed E-state index contributed by atoms with van der Waals surface area (Å²) in [5.74, 6) is -1.62. The van der Waals surface area contributed by atoms with Gasteiger partial charge in [-0.15, -0.1) is 0 Å². The van der Waals surface area contributed by atoms with Crippen LogP contribution in [0.5, 0.6) is 0 Å². The smallest absolute Gasteiger partial charge is 0.212 e. The second-order valence-corrected chi connectivity index (χ2v) is 6.35. The molecular weight excluding hydrogens is 375 g/mol. The van der Waals surface area contributed by atoms with Crippen LogP contribution in [0.25, 0.3) is 0 Å². The van der Waals surface area contributed by atoms with Gasteiger partial charge in [-0.1, -0.05) is 13.0 Å². The first-order chi connectivity index (χ1) is 9.41. The number of nitrogens with one attached hydrogen (secondary N) is 1. The van der Waals surface area contributed by atoms with Crippen molar-refractivity contribution in [3.05, 3.63) is 34.9 Å². The van der Waals surface area contributed by atoms with Crippen molar-refractivity contribution < 1.29 is 13.6 Å². The van der Waals surface area contributed by atoms with Crippen molar-refractivity contribution in [3.8, 4) is 0 Å². The Morgan fingerprint density at radius 2 is 2.20 bits per heavy atom. The molecule has 0 amide bonds. The maximum atomic E-state index is 13.7. The van der Waals surface area contributed by atoms with Gasteiger partial charge in [-0.25, -0.2) is 8.78 Å². The van der Waals surface area contributed by atoms with Crippen LogP contribution >= 0.6 is 22.6 Å². The molecule has 0 radical (unpaired) electrons. The van der Waals surface area contributed by atoms with Crippen LogP contribution in [0.1, 0.15) is 49.8 Å². The molecule has 1 aromatic rings. The minimum atomic E-state index is -0.825. The Hall–Kier alpha value is -0.560. The maximum absolute atomic E-state index is 13.7. The molecule has 20 heavy (non-hydrogen) atoms. The Bertz CT molecular complexity index is 535. The van der Waals surface area contributed by atoms with Gasteiger partial charge in [0.2, 0.25) is 3.79 Å². The van der Waals surface area contributed by atoms with Crippen molar-refractivity contribution in [2.45, 2.75) is 51.1 Å². The third-order valence-corrected chi connectivity index (χ3v) is 5.32. The fourth-order valence-electron chi connectivity index (χ4n) is 2.94. The number of carbonyl (C=O) groups excluding carboxylic acids is 1. The van der Waals surface area contributed by atoms with E-state index < -0.39 is 17.2 Å².